The van der Waals surface area contributed by atoms with Crippen molar-refractivity contribution in [2.45, 2.75) is 125 Å². The molecule has 0 N–H and O–H groups in total. The van der Waals surface area contributed by atoms with Crippen LogP contribution < -0.4 is 0 Å². The van der Waals surface area contributed by atoms with Crippen molar-refractivity contribution in [3.63, 3.8) is 0 Å². The maximum absolute atomic E-state index is 12.7. The second-order valence-electron chi connectivity index (χ2n) is 10.1. The summed E-state index contributed by atoms with van der Waals surface area (Å²) in [4.78, 5) is 12.7. The van der Waals surface area contributed by atoms with Gasteiger partial charge in [-0.25, -0.2) is 0 Å². The number of rotatable bonds is 11. The van der Waals surface area contributed by atoms with Gasteiger partial charge in [0, 0.05) is 12.8 Å². The lowest BCUT2D eigenvalue weighted by molar-refractivity contribution is -0.161. The maximum atomic E-state index is 12.7. The highest BCUT2D eigenvalue weighted by molar-refractivity contribution is 5.75. The quantitative estimate of drug-likeness (QED) is 0.151. The number of unbranched alkanes of at least 4 members (excludes halogenated alkanes) is 6. The Morgan fingerprint density at radius 3 is 2.07 bits per heavy atom. The molecule has 2 heteroatoms. The molecule has 0 bridgehead atoms. The van der Waals surface area contributed by atoms with Gasteiger partial charge in [-0.05, 0) is 57.1 Å². The lowest BCUT2D eigenvalue weighted by Gasteiger charge is -2.29. The van der Waals surface area contributed by atoms with Crippen LogP contribution in [0.15, 0.2) is 17.4 Å². The first-order chi connectivity index (χ1) is 13.5. The molecule has 1 atom stereocenters. The fourth-order valence-corrected chi connectivity index (χ4v) is 2.94. The number of ether oxygens (including phenoxy) is 1. The smallest absolute Gasteiger partial charge is 0.314 e. The molecule has 0 saturated carbocycles. The number of carbonyl (C=O) groups excluding carboxylic acids is 1. The monoisotopic (exact) mass is 402 g/mol. The summed E-state index contributed by atoms with van der Waals surface area (Å²) in [7, 11) is 0. The summed E-state index contributed by atoms with van der Waals surface area (Å²) >= 11 is 0. The van der Waals surface area contributed by atoms with Crippen LogP contribution in [0.25, 0.3) is 0 Å². The highest BCUT2D eigenvalue weighted by atomic mass is 16.6. The molecule has 0 radical (unpaired) electrons. The summed E-state index contributed by atoms with van der Waals surface area (Å²) in [6.45, 7) is 16.4. The van der Waals surface area contributed by atoms with Crippen LogP contribution in [0.5, 0.6) is 0 Å². The van der Waals surface area contributed by atoms with E-state index in [4.69, 9.17) is 4.74 Å². The first-order valence-electron chi connectivity index (χ1n) is 11.6. The molecule has 166 valence electrons. The van der Waals surface area contributed by atoms with E-state index in [1.165, 1.54) is 44.1 Å². The fraction of sp³-hybridized carbons (Fsp3) is 0.778. The van der Waals surface area contributed by atoms with E-state index >= 15 is 0 Å². The van der Waals surface area contributed by atoms with E-state index in [2.05, 4.69) is 52.2 Å². The van der Waals surface area contributed by atoms with Crippen LogP contribution in [0, 0.1) is 23.2 Å². The molecule has 0 spiro atoms. The molecule has 0 aliphatic rings. The van der Waals surface area contributed by atoms with Crippen molar-refractivity contribution in [2.24, 2.45) is 11.3 Å². The van der Waals surface area contributed by atoms with Crippen LogP contribution >= 0.6 is 0 Å². The van der Waals surface area contributed by atoms with E-state index in [1.54, 1.807) is 0 Å². The van der Waals surface area contributed by atoms with E-state index in [-0.39, 0.29) is 17.3 Å². The molecule has 0 amide bonds. The largest absolute Gasteiger partial charge is 0.459 e. The van der Waals surface area contributed by atoms with Gasteiger partial charge in [0.1, 0.15) is 5.60 Å². The molecular weight excluding hydrogens is 356 g/mol. The second kappa shape index (κ2) is 14.5. The summed E-state index contributed by atoms with van der Waals surface area (Å²) in [6, 6.07) is 0. The molecule has 0 rings (SSSR count). The van der Waals surface area contributed by atoms with Gasteiger partial charge in [-0.2, -0.15) is 0 Å². The molecule has 0 aromatic heterocycles. The molecule has 0 saturated heterocycles. The van der Waals surface area contributed by atoms with Crippen LogP contribution in [-0.2, 0) is 9.53 Å². The second-order valence-corrected chi connectivity index (χ2v) is 10.1. The zero-order chi connectivity index (χ0) is 22.3. The summed E-state index contributed by atoms with van der Waals surface area (Å²) < 4.78 is 5.66. The van der Waals surface area contributed by atoms with Gasteiger partial charge in [0.25, 0.3) is 0 Å². The van der Waals surface area contributed by atoms with Crippen molar-refractivity contribution in [3.05, 3.63) is 17.4 Å². The van der Waals surface area contributed by atoms with E-state index in [0.717, 1.165) is 25.7 Å². The Balaban J connectivity index is 5.39. The molecule has 29 heavy (non-hydrogen) atoms. The normalized spacial score (nSPS) is 12.4. The van der Waals surface area contributed by atoms with Crippen molar-refractivity contribution in [1.82, 2.24) is 0 Å². The Bertz CT molecular complexity index is 581. The molecular formula is C27H46O2. The molecule has 1 unspecified atom stereocenters. The Labute approximate surface area is 181 Å². The number of esters is 1. The summed E-state index contributed by atoms with van der Waals surface area (Å²) in [6.07, 6.45) is 13.2. The Hall–Kier alpha value is -1.45. The lowest BCUT2D eigenvalue weighted by Crippen LogP contribution is -2.34. The van der Waals surface area contributed by atoms with Crippen LogP contribution in [0.3, 0.4) is 0 Å². The fourth-order valence-electron chi connectivity index (χ4n) is 2.94. The van der Waals surface area contributed by atoms with Gasteiger partial charge in [-0.1, -0.05) is 72.6 Å². The number of hydrogen-bond acceptors (Lipinski definition) is 2. The Kier molecular flexibility index (Phi) is 13.8. The lowest BCUT2D eigenvalue weighted by atomic mass is 9.80. The third kappa shape index (κ3) is 15.1. The van der Waals surface area contributed by atoms with E-state index < -0.39 is 5.60 Å². The van der Waals surface area contributed by atoms with Crippen molar-refractivity contribution in [2.75, 3.05) is 0 Å². The predicted octanol–water partition coefficient (Wildman–Crippen LogP) is 8.02. The van der Waals surface area contributed by atoms with Crippen molar-refractivity contribution >= 4 is 5.97 Å². The average molecular weight is 403 g/mol. The summed E-state index contributed by atoms with van der Waals surface area (Å²) in [5, 5.41) is 0. The van der Waals surface area contributed by atoms with Crippen molar-refractivity contribution < 1.29 is 9.53 Å². The SMILES string of the molecule is CCCCCC#CCC(=C=CC(C(=O)OC(C)(C)C)C(C)(C)C)CCCCCC. The molecule has 2 nitrogen and oxygen atoms in total. The highest BCUT2D eigenvalue weighted by Crippen LogP contribution is 2.30. The average Bonchev–Trinajstić information content (AvgIpc) is 2.58. The maximum Gasteiger partial charge on any atom is 0.314 e. The van der Waals surface area contributed by atoms with Crippen LogP contribution in [0.2, 0.25) is 0 Å². The van der Waals surface area contributed by atoms with E-state index in [9.17, 15) is 4.79 Å². The number of hydrogen-bond donors (Lipinski definition) is 0. The highest BCUT2D eigenvalue weighted by Gasteiger charge is 2.32. The molecule has 0 aromatic rings. The van der Waals surface area contributed by atoms with Crippen LogP contribution in [0.1, 0.15) is 120 Å². The van der Waals surface area contributed by atoms with Gasteiger partial charge in [-0.3, -0.25) is 4.79 Å². The minimum absolute atomic E-state index is 0.173. The van der Waals surface area contributed by atoms with Gasteiger partial charge in [0.05, 0.1) is 5.92 Å². The van der Waals surface area contributed by atoms with Crippen LogP contribution in [0.4, 0.5) is 0 Å². The zero-order valence-electron chi connectivity index (χ0n) is 20.5. The molecule has 0 aliphatic carbocycles. The van der Waals surface area contributed by atoms with E-state index in [1.807, 2.05) is 26.8 Å². The molecule has 0 heterocycles. The van der Waals surface area contributed by atoms with Gasteiger partial charge in [0.2, 0.25) is 0 Å². The minimum atomic E-state index is -0.481. The summed E-state index contributed by atoms with van der Waals surface area (Å²) in [5.41, 5.74) is 3.98. The third-order valence-corrected chi connectivity index (χ3v) is 4.71. The standard InChI is InChI=1S/C27H46O2/c1-9-11-13-15-16-18-20-23(19-17-14-12-10-2)21-22-24(26(3,4)5)25(28)29-27(6,7)8/h22,24H,9-15,17,19-20H2,1-8H3. The summed E-state index contributed by atoms with van der Waals surface area (Å²) in [5.74, 6) is 6.15. The van der Waals surface area contributed by atoms with Crippen molar-refractivity contribution in [3.8, 4) is 11.8 Å². The van der Waals surface area contributed by atoms with Gasteiger partial charge in [0.15, 0.2) is 0 Å². The molecule has 0 fully saturated rings. The van der Waals surface area contributed by atoms with Gasteiger partial charge >= 0.3 is 5.97 Å². The Morgan fingerprint density at radius 1 is 0.897 bits per heavy atom. The minimum Gasteiger partial charge on any atom is -0.459 e. The Morgan fingerprint density at radius 2 is 1.52 bits per heavy atom. The first kappa shape index (κ1) is 27.5. The van der Waals surface area contributed by atoms with Gasteiger partial charge in [-0.15, -0.1) is 11.7 Å². The van der Waals surface area contributed by atoms with Gasteiger partial charge < -0.3 is 4.74 Å². The molecule has 0 aromatic carbocycles. The first-order valence-corrected chi connectivity index (χ1v) is 11.6. The van der Waals surface area contributed by atoms with Crippen molar-refractivity contribution in [1.29, 1.82) is 0 Å². The number of carbonyl (C=O) groups is 1. The zero-order valence-corrected chi connectivity index (χ0v) is 20.5. The topological polar surface area (TPSA) is 26.3 Å². The predicted molar refractivity (Wildman–Crippen MR) is 126 cm³/mol. The van der Waals surface area contributed by atoms with E-state index in [0.29, 0.717) is 0 Å². The molecule has 0 aliphatic heterocycles. The van der Waals surface area contributed by atoms with Crippen LogP contribution in [-0.4, -0.2) is 11.6 Å². The third-order valence-electron chi connectivity index (χ3n) is 4.71.